The predicted molar refractivity (Wildman–Crippen MR) is 68.4 cm³/mol. The van der Waals surface area contributed by atoms with Gasteiger partial charge >= 0.3 is 0 Å². The summed E-state index contributed by atoms with van der Waals surface area (Å²) in [5.41, 5.74) is 5.38. The first-order chi connectivity index (χ1) is 8.38. The molecule has 3 nitrogen and oxygen atoms in total. The third kappa shape index (κ3) is 1.87. The van der Waals surface area contributed by atoms with Gasteiger partial charge in [0, 0.05) is 24.1 Å². The van der Waals surface area contributed by atoms with E-state index in [2.05, 4.69) is 40.0 Å². The molecule has 2 aromatic rings. The topological polar surface area (TPSA) is 29.9 Å². The standard InChI is InChI=1S/C14H17N3/c1-2-13-9-16-10-17(13)14-4-3-11-5-6-15-8-12(11)7-14/h3-4,7,9-10,15H,2,5-6,8H2,1H3. The Morgan fingerprint density at radius 3 is 3.18 bits per heavy atom. The van der Waals surface area contributed by atoms with Crippen LogP contribution in [0.2, 0.25) is 0 Å². The van der Waals surface area contributed by atoms with Gasteiger partial charge in [-0.05, 0) is 42.6 Å². The molecule has 88 valence electrons. The molecule has 0 radical (unpaired) electrons. The number of nitrogens with one attached hydrogen (secondary N) is 1. The fourth-order valence-electron chi connectivity index (χ4n) is 2.43. The van der Waals surface area contributed by atoms with E-state index in [1.807, 2.05) is 12.5 Å². The van der Waals surface area contributed by atoms with E-state index in [0.717, 1.165) is 25.9 Å². The smallest absolute Gasteiger partial charge is 0.0994 e. The molecular weight excluding hydrogens is 210 g/mol. The van der Waals surface area contributed by atoms with Gasteiger partial charge in [0.1, 0.15) is 0 Å². The van der Waals surface area contributed by atoms with Crippen LogP contribution in [0.3, 0.4) is 0 Å². The van der Waals surface area contributed by atoms with E-state index in [0.29, 0.717) is 0 Å². The van der Waals surface area contributed by atoms with Crippen LogP contribution in [0.4, 0.5) is 0 Å². The van der Waals surface area contributed by atoms with Gasteiger partial charge in [-0.2, -0.15) is 0 Å². The van der Waals surface area contributed by atoms with Crippen molar-refractivity contribution in [3.05, 3.63) is 47.5 Å². The first-order valence-electron chi connectivity index (χ1n) is 6.22. The Kier molecular flexibility index (Phi) is 2.69. The molecule has 0 bridgehead atoms. The molecule has 1 aliphatic rings. The summed E-state index contributed by atoms with van der Waals surface area (Å²) in [5, 5.41) is 3.42. The number of imidazole rings is 1. The lowest BCUT2D eigenvalue weighted by atomic mass is 10.0. The summed E-state index contributed by atoms with van der Waals surface area (Å²) in [4.78, 5) is 4.23. The van der Waals surface area contributed by atoms with Crippen LogP contribution in [0.15, 0.2) is 30.7 Å². The minimum Gasteiger partial charge on any atom is -0.312 e. The zero-order valence-corrected chi connectivity index (χ0v) is 10.1. The summed E-state index contributed by atoms with van der Waals surface area (Å²) in [5.74, 6) is 0. The van der Waals surface area contributed by atoms with Crippen molar-refractivity contribution in [3.8, 4) is 5.69 Å². The number of hydrogen-bond acceptors (Lipinski definition) is 2. The van der Waals surface area contributed by atoms with Crippen molar-refractivity contribution in [1.82, 2.24) is 14.9 Å². The average molecular weight is 227 g/mol. The average Bonchev–Trinajstić information content (AvgIpc) is 2.86. The lowest BCUT2D eigenvalue weighted by molar-refractivity contribution is 0.643. The Morgan fingerprint density at radius 2 is 2.29 bits per heavy atom. The van der Waals surface area contributed by atoms with Gasteiger partial charge in [0.2, 0.25) is 0 Å². The van der Waals surface area contributed by atoms with Crippen LogP contribution in [-0.4, -0.2) is 16.1 Å². The molecule has 0 unspecified atom stereocenters. The molecule has 0 fully saturated rings. The van der Waals surface area contributed by atoms with Crippen LogP contribution in [-0.2, 0) is 19.4 Å². The van der Waals surface area contributed by atoms with Crippen LogP contribution in [0.5, 0.6) is 0 Å². The molecule has 1 N–H and O–H groups in total. The van der Waals surface area contributed by atoms with E-state index in [-0.39, 0.29) is 0 Å². The molecular formula is C14H17N3. The second-order valence-corrected chi connectivity index (χ2v) is 4.49. The summed E-state index contributed by atoms with van der Waals surface area (Å²) in [6.45, 7) is 4.24. The highest BCUT2D eigenvalue weighted by Crippen LogP contribution is 2.19. The molecule has 0 spiro atoms. The van der Waals surface area contributed by atoms with Crippen LogP contribution >= 0.6 is 0 Å². The zero-order valence-electron chi connectivity index (χ0n) is 10.1. The molecule has 0 amide bonds. The molecule has 0 atom stereocenters. The molecule has 3 heteroatoms. The first-order valence-corrected chi connectivity index (χ1v) is 6.22. The lowest BCUT2D eigenvalue weighted by Crippen LogP contribution is -2.23. The second-order valence-electron chi connectivity index (χ2n) is 4.49. The van der Waals surface area contributed by atoms with Crippen molar-refractivity contribution >= 4 is 0 Å². The van der Waals surface area contributed by atoms with Gasteiger partial charge in [-0.15, -0.1) is 0 Å². The van der Waals surface area contributed by atoms with E-state index in [4.69, 9.17) is 0 Å². The monoisotopic (exact) mass is 227 g/mol. The number of hydrogen-bond donors (Lipinski definition) is 1. The SMILES string of the molecule is CCc1cncn1-c1ccc2c(c1)CNCC2. The van der Waals surface area contributed by atoms with E-state index < -0.39 is 0 Å². The van der Waals surface area contributed by atoms with Gasteiger partial charge in [0.05, 0.1) is 6.33 Å². The Balaban J connectivity index is 2.04. The van der Waals surface area contributed by atoms with Crippen molar-refractivity contribution in [2.24, 2.45) is 0 Å². The maximum Gasteiger partial charge on any atom is 0.0994 e. The maximum atomic E-state index is 4.23. The highest BCUT2D eigenvalue weighted by atomic mass is 15.0. The molecule has 0 aliphatic carbocycles. The third-order valence-corrected chi connectivity index (χ3v) is 3.43. The first kappa shape index (κ1) is 10.5. The van der Waals surface area contributed by atoms with Crippen molar-refractivity contribution in [2.45, 2.75) is 26.3 Å². The van der Waals surface area contributed by atoms with E-state index in [1.165, 1.54) is 22.5 Å². The molecule has 1 aliphatic heterocycles. The molecule has 0 saturated heterocycles. The van der Waals surface area contributed by atoms with Gasteiger partial charge in [-0.1, -0.05) is 13.0 Å². The molecule has 0 saturated carbocycles. The van der Waals surface area contributed by atoms with Crippen LogP contribution in [0, 0.1) is 0 Å². The number of rotatable bonds is 2. The Labute approximate surface area is 101 Å². The van der Waals surface area contributed by atoms with Gasteiger partial charge in [-0.3, -0.25) is 0 Å². The van der Waals surface area contributed by atoms with Crippen molar-refractivity contribution in [1.29, 1.82) is 0 Å². The van der Waals surface area contributed by atoms with E-state index >= 15 is 0 Å². The molecule has 17 heavy (non-hydrogen) atoms. The largest absolute Gasteiger partial charge is 0.312 e. The zero-order chi connectivity index (χ0) is 11.7. The lowest BCUT2D eigenvalue weighted by Gasteiger charge is -2.18. The van der Waals surface area contributed by atoms with Crippen LogP contribution in [0.25, 0.3) is 5.69 Å². The van der Waals surface area contributed by atoms with Gasteiger partial charge in [-0.25, -0.2) is 4.98 Å². The number of aromatic nitrogens is 2. The molecule has 3 rings (SSSR count). The second kappa shape index (κ2) is 4.34. The molecule has 1 aromatic carbocycles. The minimum atomic E-state index is 0.985. The number of fused-ring (bicyclic) bond motifs is 1. The molecule has 1 aromatic heterocycles. The third-order valence-electron chi connectivity index (χ3n) is 3.43. The van der Waals surface area contributed by atoms with Crippen molar-refractivity contribution in [2.75, 3.05) is 6.54 Å². The summed E-state index contributed by atoms with van der Waals surface area (Å²) < 4.78 is 2.18. The fourth-order valence-corrected chi connectivity index (χ4v) is 2.43. The normalized spacial score (nSPS) is 14.6. The van der Waals surface area contributed by atoms with Gasteiger partial charge in [0.15, 0.2) is 0 Å². The van der Waals surface area contributed by atoms with Crippen molar-refractivity contribution < 1.29 is 0 Å². The minimum absolute atomic E-state index is 0.985. The van der Waals surface area contributed by atoms with E-state index in [9.17, 15) is 0 Å². The van der Waals surface area contributed by atoms with Crippen molar-refractivity contribution in [3.63, 3.8) is 0 Å². The van der Waals surface area contributed by atoms with Gasteiger partial charge in [0.25, 0.3) is 0 Å². The Hall–Kier alpha value is -1.61. The van der Waals surface area contributed by atoms with Crippen LogP contribution in [0.1, 0.15) is 23.7 Å². The van der Waals surface area contributed by atoms with Gasteiger partial charge < -0.3 is 9.88 Å². The Bertz CT molecular complexity index is 528. The molecule has 2 heterocycles. The quantitative estimate of drug-likeness (QED) is 0.851. The number of nitrogens with zero attached hydrogens (tertiary/aromatic N) is 2. The highest BCUT2D eigenvalue weighted by molar-refractivity contribution is 5.42. The maximum absolute atomic E-state index is 4.23. The number of benzene rings is 1. The highest BCUT2D eigenvalue weighted by Gasteiger charge is 2.10. The van der Waals surface area contributed by atoms with Crippen LogP contribution < -0.4 is 5.32 Å². The summed E-state index contributed by atoms with van der Waals surface area (Å²) >= 11 is 0. The summed E-state index contributed by atoms with van der Waals surface area (Å²) in [6, 6.07) is 6.73. The number of aryl methyl sites for hydroxylation is 1. The summed E-state index contributed by atoms with van der Waals surface area (Å²) in [6.07, 6.45) is 5.99. The fraction of sp³-hybridized carbons (Fsp3) is 0.357. The Morgan fingerprint density at radius 1 is 1.35 bits per heavy atom. The predicted octanol–water partition coefficient (Wildman–Crippen LogP) is 2.08. The van der Waals surface area contributed by atoms with E-state index in [1.54, 1.807) is 0 Å². The summed E-state index contributed by atoms with van der Waals surface area (Å²) in [7, 11) is 0.